The summed E-state index contributed by atoms with van der Waals surface area (Å²) in [6.07, 6.45) is -0.179. The summed E-state index contributed by atoms with van der Waals surface area (Å²) in [7, 11) is 0. The van der Waals surface area contributed by atoms with E-state index in [1.54, 1.807) is 12.1 Å². The van der Waals surface area contributed by atoms with Gasteiger partial charge in [0.25, 0.3) is 11.6 Å². The second kappa shape index (κ2) is 9.12. The lowest BCUT2D eigenvalue weighted by Crippen LogP contribution is -2.44. The van der Waals surface area contributed by atoms with E-state index in [1.165, 1.54) is 18.2 Å². The van der Waals surface area contributed by atoms with Crippen molar-refractivity contribution in [1.29, 1.82) is 0 Å². The summed E-state index contributed by atoms with van der Waals surface area (Å²) in [5.41, 5.74) is 11.0. The first-order chi connectivity index (χ1) is 13.3. The molecule has 1 unspecified atom stereocenters. The maximum atomic E-state index is 12.2. The zero-order chi connectivity index (χ0) is 20.7. The number of amides is 4. The smallest absolute Gasteiger partial charge is 0.312 e. The quantitative estimate of drug-likeness (QED) is 0.437. The standard InChI is InChI=1S/C18H19N5O5/c1-11-5-7-12(8-6-11)15(20-18(19)26)10-16(24)21-22-17(25)13-3-2-4-14(9-13)23(27)28/h2-9,15H,10H2,1H3,(H,21,24)(H,22,25)(H3,19,20,26). The molecule has 0 spiro atoms. The molecule has 2 rings (SSSR count). The van der Waals surface area contributed by atoms with Gasteiger partial charge in [-0.2, -0.15) is 0 Å². The molecule has 0 saturated carbocycles. The van der Waals surface area contributed by atoms with E-state index < -0.39 is 28.8 Å². The van der Waals surface area contributed by atoms with E-state index in [9.17, 15) is 24.5 Å². The van der Waals surface area contributed by atoms with Crippen molar-refractivity contribution in [3.63, 3.8) is 0 Å². The minimum Gasteiger partial charge on any atom is -0.352 e. The number of carbonyl (C=O) groups excluding carboxylic acids is 3. The highest BCUT2D eigenvalue weighted by Crippen LogP contribution is 2.17. The Morgan fingerprint density at radius 2 is 1.79 bits per heavy atom. The van der Waals surface area contributed by atoms with Crippen LogP contribution in [0.5, 0.6) is 0 Å². The van der Waals surface area contributed by atoms with Gasteiger partial charge in [-0.05, 0) is 18.6 Å². The average Bonchev–Trinajstić information content (AvgIpc) is 2.66. The lowest BCUT2D eigenvalue weighted by Gasteiger charge is -2.18. The highest BCUT2D eigenvalue weighted by atomic mass is 16.6. The van der Waals surface area contributed by atoms with Crippen LogP contribution >= 0.6 is 0 Å². The number of aryl methyl sites for hydroxylation is 1. The third kappa shape index (κ3) is 5.80. The minimum atomic E-state index is -0.793. The maximum absolute atomic E-state index is 12.2. The molecule has 0 radical (unpaired) electrons. The number of nitrogens with two attached hydrogens (primary N) is 1. The Balaban J connectivity index is 1.99. The predicted molar refractivity (Wildman–Crippen MR) is 100.0 cm³/mol. The van der Waals surface area contributed by atoms with Crippen molar-refractivity contribution in [2.45, 2.75) is 19.4 Å². The van der Waals surface area contributed by atoms with Crippen LogP contribution in [0.2, 0.25) is 0 Å². The summed E-state index contributed by atoms with van der Waals surface area (Å²) in [5, 5.41) is 13.2. The molecule has 0 aliphatic heterocycles. The van der Waals surface area contributed by atoms with E-state index in [4.69, 9.17) is 5.73 Å². The molecule has 2 aromatic rings. The normalized spacial score (nSPS) is 11.2. The molecule has 10 nitrogen and oxygen atoms in total. The molecule has 0 heterocycles. The van der Waals surface area contributed by atoms with Crippen molar-refractivity contribution in [1.82, 2.24) is 16.2 Å². The highest BCUT2D eigenvalue weighted by molar-refractivity contribution is 5.96. The van der Waals surface area contributed by atoms with Gasteiger partial charge in [-0.1, -0.05) is 35.9 Å². The number of nitrogens with one attached hydrogen (secondary N) is 3. The van der Waals surface area contributed by atoms with E-state index in [0.717, 1.165) is 11.6 Å². The van der Waals surface area contributed by atoms with Crippen molar-refractivity contribution in [3.05, 3.63) is 75.3 Å². The predicted octanol–water partition coefficient (Wildman–Crippen LogP) is 1.46. The highest BCUT2D eigenvalue weighted by Gasteiger charge is 2.18. The van der Waals surface area contributed by atoms with Gasteiger partial charge in [0.2, 0.25) is 5.91 Å². The number of primary amides is 1. The van der Waals surface area contributed by atoms with Crippen LogP contribution in [0.25, 0.3) is 0 Å². The van der Waals surface area contributed by atoms with Gasteiger partial charge in [-0.25, -0.2) is 4.79 Å². The summed E-state index contributed by atoms with van der Waals surface area (Å²) < 4.78 is 0. The lowest BCUT2D eigenvalue weighted by molar-refractivity contribution is -0.384. The van der Waals surface area contributed by atoms with Crippen LogP contribution in [0.3, 0.4) is 0 Å². The van der Waals surface area contributed by atoms with E-state index in [0.29, 0.717) is 5.56 Å². The number of hydrogen-bond acceptors (Lipinski definition) is 5. The van der Waals surface area contributed by atoms with Gasteiger partial charge in [0.1, 0.15) is 0 Å². The molecule has 2 aromatic carbocycles. The first kappa shape index (κ1) is 20.4. The zero-order valence-electron chi connectivity index (χ0n) is 15.0. The van der Waals surface area contributed by atoms with Crippen LogP contribution in [0.1, 0.15) is 33.9 Å². The number of nitro benzene ring substituents is 1. The Labute approximate surface area is 160 Å². The third-order valence-corrected chi connectivity index (χ3v) is 3.82. The molecule has 0 fully saturated rings. The summed E-state index contributed by atoms with van der Waals surface area (Å²) in [4.78, 5) is 45.6. The van der Waals surface area contributed by atoms with Crippen LogP contribution in [0.4, 0.5) is 10.5 Å². The number of benzene rings is 2. The van der Waals surface area contributed by atoms with Gasteiger partial charge in [-0.3, -0.25) is 30.6 Å². The SMILES string of the molecule is Cc1ccc(C(CC(=O)NNC(=O)c2cccc([N+](=O)[O-])c2)NC(N)=O)cc1. The van der Waals surface area contributed by atoms with Crippen LogP contribution in [0, 0.1) is 17.0 Å². The largest absolute Gasteiger partial charge is 0.352 e. The third-order valence-electron chi connectivity index (χ3n) is 3.82. The van der Waals surface area contributed by atoms with E-state index in [1.807, 2.05) is 19.1 Å². The second-order valence-corrected chi connectivity index (χ2v) is 5.99. The lowest BCUT2D eigenvalue weighted by atomic mass is 10.0. The number of carbonyl (C=O) groups is 3. The van der Waals surface area contributed by atoms with Crippen molar-refractivity contribution >= 4 is 23.5 Å². The van der Waals surface area contributed by atoms with Gasteiger partial charge in [0, 0.05) is 17.7 Å². The van der Waals surface area contributed by atoms with Crippen molar-refractivity contribution in [3.8, 4) is 0 Å². The first-order valence-corrected chi connectivity index (χ1v) is 8.22. The van der Waals surface area contributed by atoms with Crippen molar-refractivity contribution < 1.29 is 19.3 Å². The molecule has 0 aliphatic carbocycles. The topological polar surface area (TPSA) is 156 Å². The summed E-state index contributed by atoms with van der Waals surface area (Å²) in [6.45, 7) is 1.90. The monoisotopic (exact) mass is 385 g/mol. The van der Waals surface area contributed by atoms with Crippen LogP contribution < -0.4 is 21.9 Å². The number of rotatable bonds is 6. The molecular weight excluding hydrogens is 366 g/mol. The molecule has 0 saturated heterocycles. The molecule has 1 atom stereocenters. The number of urea groups is 1. The number of hydrogen-bond donors (Lipinski definition) is 4. The minimum absolute atomic E-state index is 0.0137. The molecule has 0 aliphatic rings. The number of non-ortho nitro benzene ring substituents is 1. The van der Waals surface area contributed by atoms with E-state index >= 15 is 0 Å². The van der Waals surface area contributed by atoms with Crippen molar-refractivity contribution in [2.24, 2.45) is 5.73 Å². The van der Waals surface area contributed by atoms with Crippen LogP contribution in [-0.4, -0.2) is 22.8 Å². The van der Waals surface area contributed by atoms with Crippen LogP contribution in [0.15, 0.2) is 48.5 Å². The zero-order valence-corrected chi connectivity index (χ0v) is 15.0. The molecule has 4 amide bonds. The number of hydrazine groups is 1. The average molecular weight is 385 g/mol. The second-order valence-electron chi connectivity index (χ2n) is 5.99. The van der Waals surface area contributed by atoms with Gasteiger partial charge in [0.05, 0.1) is 17.4 Å². The Kier molecular flexibility index (Phi) is 6.63. The van der Waals surface area contributed by atoms with Gasteiger partial charge in [-0.15, -0.1) is 0 Å². The Morgan fingerprint density at radius 1 is 1.11 bits per heavy atom. The maximum Gasteiger partial charge on any atom is 0.312 e. The van der Waals surface area contributed by atoms with E-state index in [2.05, 4.69) is 16.2 Å². The number of nitrogens with zero attached hydrogens (tertiary/aromatic N) is 1. The molecular formula is C18H19N5O5. The van der Waals surface area contributed by atoms with Gasteiger partial charge < -0.3 is 11.1 Å². The molecule has 28 heavy (non-hydrogen) atoms. The summed E-state index contributed by atoms with van der Waals surface area (Å²) in [5.74, 6) is -1.30. The fraction of sp³-hybridized carbons (Fsp3) is 0.167. The van der Waals surface area contributed by atoms with Gasteiger partial charge >= 0.3 is 6.03 Å². The summed E-state index contributed by atoms with van der Waals surface area (Å²) >= 11 is 0. The number of nitro groups is 1. The van der Waals surface area contributed by atoms with E-state index in [-0.39, 0.29) is 17.7 Å². The summed E-state index contributed by atoms with van der Waals surface area (Å²) in [6, 6.07) is 10.8. The Hall–Kier alpha value is -3.95. The van der Waals surface area contributed by atoms with Crippen molar-refractivity contribution in [2.75, 3.05) is 0 Å². The molecule has 146 valence electrons. The van der Waals surface area contributed by atoms with Crippen LogP contribution in [-0.2, 0) is 4.79 Å². The fourth-order valence-corrected chi connectivity index (χ4v) is 2.42. The fourth-order valence-electron chi connectivity index (χ4n) is 2.42. The Morgan fingerprint density at radius 3 is 2.39 bits per heavy atom. The molecule has 10 heteroatoms. The molecule has 5 N–H and O–H groups in total. The molecule has 0 aromatic heterocycles. The molecule has 0 bridgehead atoms. The Bertz CT molecular complexity index is 897. The van der Waals surface area contributed by atoms with Gasteiger partial charge in [0.15, 0.2) is 0 Å². The first-order valence-electron chi connectivity index (χ1n) is 8.22.